The van der Waals surface area contributed by atoms with Crippen molar-refractivity contribution in [2.45, 2.75) is 32.6 Å². The normalized spacial score (nSPS) is 14.6. The van der Waals surface area contributed by atoms with Crippen molar-refractivity contribution in [3.05, 3.63) is 34.8 Å². The highest BCUT2D eigenvalue weighted by Crippen LogP contribution is 2.34. The first-order valence-corrected chi connectivity index (χ1v) is 6.50. The largest absolute Gasteiger partial charge is 0.387 e. The second kappa shape index (κ2) is 4.23. The van der Waals surface area contributed by atoms with Gasteiger partial charge in [-0.2, -0.15) is 0 Å². The van der Waals surface area contributed by atoms with E-state index >= 15 is 0 Å². The molecule has 0 spiro atoms. The molecule has 0 atom stereocenters. The second-order valence-corrected chi connectivity index (χ2v) is 5.01. The molecule has 94 valence electrons. The molecule has 3 rings (SSSR count). The molecule has 18 heavy (non-hydrogen) atoms. The van der Waals surface area contributed by atoms with Crippen molar-refractivity contribution in [2.75, 3.05) is 12.4 Å². The van der Waals surface area contributed by atoms with Crippen molar-refractivity contribution < 1.29 is 4.39 Å². The Morgan fingerprint density at radius 3 is 2.78 bits per heavy atom. The number of pyridine rings is 1. The molecule has 1 N–H and O–H groups in total. The van der Waals surface area contributed by atoms with E-state index in [9.17, 15) is 4.39 Å². The fraction of sp³-hybridized carbons (Fsp3) is 0.400. The lowest BCUT2D eigenvalue weighted by Crippen LogP contribution is -2.10. The number of nitrogens with one attached hydrogen (secondary N) is 1. The van der Waals surface area contributed by atoms with Crippen molar-refractivity contribution in [3.63, 3.8) is 0 Å². The van der Waals surface area contributed by atoms with E-state index in [2.05, 4.69) is 10.3 Å². The van der Waals surface area contributed by atoms with Crippen LogP contribution in [0.15, 0.2) is 12.1 Å². The first kappa shape index (κ1) is 11.5. The average Bonchev–Trinajstić information content (AvgIpc) is 2.36. The van der Waals surface area contributed by atoms with E-state index in [-0.39, 0.29) is 5.82 Å². The van der Waals surface area contributed by atoms with Crippen LogP contribution in [-0.4, -0.2) is 12.0 Å². The Bertz CT molecular complexity index is 620. The van der Waals surface area contributed by atoms with Gasteiger partial charge in [0.1, 0.15) is 11.3 Å². The van der Waals surface area contributed by atoms with Gasteiger partial charge in [-0.3, -0.25) is 0 Å². The summed E-state index contributed by atoms with van der Waals surface area (Å²) in [6.07, 6.45) is 4.36. The summed E-state index contributed by atoms with van der Waals surface area (Å²) in [6.45, 7) is 1.92. The molecule has 0 amide bonds. The van der Waals surface area contributed by atoms with Gasteiger partial charge in [-0.15, -0.1) is 0 Å². The Hall–Kier alpha value is -1.64. The highest BCUT2D eigenvalue weighted by Gasteiger charge is 2.19. The molecule has 2 nitrogen and oxygen atoms in total. The Balaban J connectivity index is 2.40. The van der Waals surface area contributed by atoms with Crippen LogP contribution in [0.4, 0.5) is 10.1 Å². The van der Waals surface area contributed by atoms with E-state index in [1.165, 1.54) is 12.0 Å². The van der Waals surface area contributed by atoms with Crippen LogP contribution in [0.5, 0.6) is 0 Å². The molecule has 0 aliphatic heterocycles. The quantitative estimate of drug-likeness (QED) is 0.829. The number of benzene rings is 1. The van der Waals surface area contributed by atoms with Gasteiger partial charge >= 0.3 is 0 Å². The Morgan fingerprint density at radius 1 is 1.22 bits per heavy atom. The highest BCUT2D eigenvalue weighted by molar-refractivity contribution is 5.94. The van der Waals surface area contributed by atoms with Gasteiger partial charge in [0.15, 0.2) is 0 Å². The Kier molecular flexibility index (Phi) is 2.69. The lowest BCUT2D eigenvalue weighted by atomic mass is 9.92. The molecule has 1 aliphatic rings. The fourth-order valence-corrected chi connectivity index (χ4v) is 2.90. The van der Waals surface area contributed by atoms with Crippen LogP contribution < -0.4 is 5.32 Å². The number of hydrogen-bond acceptors (Lipinski definition) is 2. The molecule has 0 fully saturated rings. The number of hydrogen-bond donors (Lipinski definition) is 1. The Labute approximate surface area is 106 Å². The number of aryl methyl sites for hydroxylation is 2. The second-order valence-electron chi connectivity index (χ2n) is 5.01. The summed E-state index contributed by atoms with van der Waals surface area (Å²) in [5.74, 6) is -0.213. The summed E-state index contributed by atoms with van der Waals surface area (Å²) in [5, 5.41) is 4.16. The minimum absolute atomic E-state index is 0.213. The van der Waals surface area contributed by atoms with Gasteiger partial charge in [0.25, 0.3) is 0 Å². The zero-order valence-electron chi connectivity index (χ0n) is 10.8. The van der Waals surface area contributed by atoms with Gasteiger partial charge in [0.2, 0.25) is 0 Å². The number of aromatic nitrogens is 1. The smallest absolute Gasteiger partial charge is 0.149 e. The molecule has 1 heterocycles. The predicted molar refractivity (Wildman–Crippen MR) is 72.6 cm³/mol. The van der Waals surface area contributed by atoms with Crippen molar-refractivity contribution in [1.82, 2.24) is 4.98 Å². The van der Waals surface area contributed by atoms with Crippen molar-refractivity contribution in [1.29, 1.82) is 0 Å². The molecule has 0 saturated carbocycles. The van der Waals surface area contributed by atoms with Crippen LogP contribution in [0.2, 0.25) is 0 Å². The molecular weight excluding hydrogens is 227 g/mol. The van der Waals surface area contributed by atoms with Crippen LogP contribution in [0.1, 0.15) is 29.7 Å². The summed E-state index contributed by atoms with van der Waals surface area (Å²) < 4.78 is 14.0. The maximum absolute atomic E-state index is 14.0. The van der Waals surface area contributed by atoms with Gasteiger partial charge in [-0.25, -0.2) is 9.37 Å². The average molecular weight is 244 g/mol. The molecule has 3 heteroatoms. The van der Waals surface area contributed by atoms with E-state index in [0.29, 0.717) is 5.52 Å². The first-order valence-electron chi connectivity index (χ1n) is 6.50. The highest BCUT2D eigenvalue weighted by atomic mass is 19.1. The third kappa shape index (κ3) is 1.65. The maximum atomic E-state index is 14.0. The lowest BCUT2D eigenvalue weighted by Gasteiger charge is -2.20. The molecule has 0 radical (unpaired) electrons. The number of anilines is 1. The summed E-state index contributed by atoms with van der Waals surface area (Å²) in [5.41, 5.74) is 4.86. The zero-order chi connectivity index (χ0) is 12.7. The van der Waals surface area contributed by atoms with Gasteiger partial charge < -0.3 is 5.32 Å². The molecular formula is C15H17FN2. The first-order chi connectivity index (χ1) is 8.70. The topological polar surface area (TPSA) is 24.9 Å². The number of rotatable bonds is 1. The summed E-state index contributed by atoms with van der Waals surface area (Å²) in [4.78, 5) is 4.55. The molecule has 1 aromatic heterocycles. The molecule has 0 bridgehead atoms. The predicted octanol–water partition coefficient (Wildman–Crippen LogP) is 3.60. The van der Waals surface area contributed by atoms with Crippen LogP contribution in [-0.2, 0) is 12.8 Å². The summed E-state index contributed by atoms with van der Waals surface area (Å²) in [6, 6.07) is 3.58. The van der Waals surface area contributed by atoms with Gasteiger partial charge in [-0.1, -0.05) is 0 Å². The summed E-state index contributed by atoms with van der Waals surface area (Å²) in [7, 11) is 1.91. The van der Waals surface area contributed by atoms with Gasteiger partial charge in [0, 0.05) is 23.8 Å². The number of fused-ring (bicyclic) bond motifs is 2. The number of halogens is 1. The van der Waals surface area contributed by atoms with Crippen molar-refractivity contribution in [2.24, 2.45) is 0 Å². The standard InChI is InChI=1S/C15H17FN2/c1-9-7-11-14(17-2)10-5-3-4-6-13(10)18-15(11)12(16)8-9/h7-8H,3-6H2,1-2H3,(H,17,18). The third-order valence-electron chi connectivity index (χ3n) is 3.71. The molecule has 2 aromatic rings. The molecule has 0 saturated heterocycles. The van der Waals surface area contributed by atoms with E-state index < -0.39 is 0 Å². The minimum Gasteiger partial charge on any atom is -0.387 e. The lowest BCUT2D eigenvalue weighted by molar-refractivity contribution is 0.631. The van der Waals surface area contributed by atoms with Crippen LogP contribution in [0.25, 0.3) is 10.9 Å². The summed E-state index contributed by atoms with van der Waals surface area (Å²) >= 11 is 0. The molecule has 0 unspecified atom stereocenters. The van der Waals surface area contributed by atoms with E-state index in [1.54, 1.807) is 6.07 Å². The van der Waals surface area contributed by atoms with Crippen LogP contribution in [0.3, 0.4) is 0 Å². The maximum Gasteiger partial charge on any atom is 0.149 e. The van der Waals surface area contributed by atoms with Gasteiger partial charge in [0.05, 0.1) is 0 Å². The number of nitrogens with zero attached hydrogens (tertiary/aromatic N) is 1. The van der Waals surface area contributed by atoms with E-state index in [0.717, 1.165) is 41.6 Å². The van der Waals surface area contributed by atoms with E-state index in [4.69, 9.17) is 0 Å². The van der Waals surface area contributed by atoms with Crippen molar-refractivity contribution in [3.8, 4) is 0 Å². The Morgan fingerprint density at radius 2 is 2.00 bits per heavy atom. The van der Waals surface area contributed by atoms with Crippen molar-refractivity contribution >= 4 is 16.6 Å². The molecule has 1 aromatic carbocycles. The zero-order valence-corrected chi connectivity index (χ0v) is 10.8. The fourth-order valence-electron chi connectivity index (χ4n) is 2.90. The SMILES string of the molecule is CNc1c2c(nc3c(F)cc(C)cc13)CCCC2. The van der Waals surface area contributed by atoms with Gasteiger partial charge in [-0.05, 0) is 55.9 Å². The minimum atomic E-state index is -0.213. The monoisotopic (exact) mass is 244 g/mol. The molecule has 1 aliphatic carbocycles. The third-order valence-corrected chi connectivity index (χ3v) is 3.71. The van der Waals surface area contributed by atoms with Crippen LogP contribution in [0, 0.1) is 12.7 Å². The van der Waals surface area contributed by atoms with E-state index in [1.807, 2.05) is 20.0 Å². The van der Waals surface area contributed by atoms with Crippen LogP contribution >= 0.6 is 0 Å².